The molecule has 0 amide bonds. The van der Waals surface area contributed by atoms with Crippen LogP contribution in [-0.2, 0) is 0 Å². The molecule has 0 saturated carbocycles. The third-order valence-electron chi connectivity index (χ3n) is 1.55. The van der Waals surface area contributed by atoms with Crippen molar-refractivity contribution in [3.8, 4) is 11.8 Å². The van der Waals surface area contributed by atoms with Crippen LogP contribution in [0.1, 0.15) is 0 Å². The molecule has 0 atom stereocenters. The van der Waals surface area contributed by atoms with Gasteiger partial charge in [0.1, 0.15) is 16.2 Å². The van der Waals surface area contributed by atoms with Crippen LogP contribution in [0, 0.1) is 5.82 Å². The molecule has 5 heteroatoms. The van der Waals surface area contributed by atoms with E-state index in [0.717, 1.165) is 4.60 Å². The summed E-state index contributed by atoms with van der Waals surface area (Å²) in [5.74, 6) is 0.242. The summed E-state index contributed by atoms with van der Waals surface area (Å²) in [6.45, 7) is 0. The van der Waals surface area contributed by atoms with E-state index in [1.807, 2.05) is 0 Å². The highest BCUT2D eigenvalue weighted by Crippen LogP contribution is 2.19. The van der Waals surface area contributed by atoms with Crippen LogP contribution in [0.15, 0.2) is 35.1 Å². The van der Waals surface area contributed by atoms with Crippen LogP contribution in [0.2, 0.25) is 0 Å². The predicted molar refractivity (Wildman–Crippen MR) is 52.8 cm³/mol. The molecule has 0 aliphatic heterocycles. The monoisotopic (exact) mass is 256 g/mol. The Bertz CT molecular complexity index is 427. The first kappa shape index (κ1) is 9.21. The Hall–Kier alpha value is -1.36. The lowest BCUT2D eigenvalue weighted by atomic mass is 10.3. The summed E-state index contributed by atoms with van der Waals surface area (Å²) in [5, 5.41) is 0. The highest BCUT2D eigenvalue weighted by atomic mass is 79.9. The molecule has 0 fully saturated rings. The molecule has 0 aliphatic rings. The lowest BCUT2D eigenvalue weighted by Gasteiger charge is -2.00. The van der Waals surface area contributed by atoms with E-state index in [9.17, 15) is 4.39 Å². The van der Waals surface area contributed by atoms with Gasteiger partial charge in [-0.2, -0.15) is 0 Å². The first-order valence-electron chi connectivity index (χ1n) is 3.88. The summed E-state index contributed by atoms with van der Waals surface area (Å²) in [4.78, 5) is 6.74. The zero-order chi connectivity index (χ0) is 9.97. The molecular weight excluding hydrogens is 251 g/mol. The lowest BCUT2D eigenvalue weighted by molar-refractivity contribution is 0.445. The molecular formula is C9H6BrFN2O. The fourth-order valence-electron chi connectivity index (χ4n) is 0.948. The van der Waals surface area contributed by atoms with E-state index < -0.39 is 0 Å². The minimum Gasteiger partial charge on any atom is -0.426 e. The van der Waals surface area contributed by atoms with Crippen molar-refractivity contribution in [3.05, 3.63) is 40.9 Å². The molecule has 2 rings (SSSR count). The zero-order valence-corrected chi connectivity index (χ0v) is 8.58. The molecule has 0 aliphatic carbocycles. The average molecular weight is 257 g/mol. The van der Waals surface area contributed by atoms with E-state index in [2.05, 4.69) is 25.9 Å². The van der Waals surface area contributed by atoms with Crippen molar-refractivity contribution < 1.29 is 9.13 Å². The number of nitrogens with one attached hydrogen (secondary N) is 1. The van der Waals surface area contributed by atoms with Crippen molar-refractivity contribution in [1.29, 1.82) is 0 Å². The molecule has 1 heterocycles. The quantitative estimate of drug-likeness (QED) is 0.897. The van der Waals surface area contributed by atoms with Crippen molar-refractivity contribution in [2.24, 2.45) is 0 Å². The fraction of sp³-hybridized carbons (Fsp3) is 0. The topological polar surface area (TPSA) is 37.9 Å². The van der Waals surface area contributed by atoms with Crippen LogP contribution in [0.25, 0.3) is 0 Å². The van der Waals surface area contributed by atoms with Crippen molar-refractivity contribution in [3.63, 3.8) is 0 Å². The molecule has 1 N–H and O–H groups in total. The number of ether oxygens (including phenoxy) is 1. The lowest BCUT2D eigenvalue weighted by Crippen LogP contribution is -1.85. The second-order valence-electron chi connectivity index (χ2n) is 2.59. The third-order valence-corrected chi connectivity index (χ3v) is 1.95. The van der Waals surface area contributed by atoms with E-state index in [0.29, 0.717) is 11.8 Å². The standard InChI is InChI=1S/C9H6BrFN2O/c10-8-5-12-9(13-8)14-7-3-1-6(11)2-4-7/h1-5H,(H,12,13). The number of nitrogens with zero attached hydrogens (tertiary/aromatic N) is 1. The van der Waals surface area contributed by atoms with Crippen LogP contribution in [-0.4, -0.2) is 9.97 Å². The normalized spacial score (nSPS) is 10.1. The molecule has 3 nitrogen and oxygen atoms in total. The van der Waals surface area contributed by atoms with Crippen molar-refractivity contribution in [2.45, 2.75) is 0 Å². The largest absolute Gasteiger partial charge is 0.426 e. The van der Waals surface area contributed by atoms with Crippen molar-refractivity contribution >= 4 is 15.9 Å². The van der Waals surface area contributed by atoms with Gasteiger partial charge in [-0.15, -0.1) is 0 Å². The summed E-state index contributed by atoms with van der Waals surface area (Å²) >= 11 is 3.20. The van der Waals surface area contributed by atoms with Gasteiger partial charge in [0.25, 0.3) is 6.01 Å². The van der Waals surface area contributed by atoms with Gasteiger partial charge in [-0.3, -0.25) is 0 Å². The maximum atomic E-state index is 12.5. The Labute approximate surface area is 88.1 Å². The summed E-state index contributed by atoms with van der Waals surface area (Å²) in [6.07, 6.45) is 1.58. The van der Waals surface area contributed by atoms with E-state index in [1.165, 1.54) is 24.3 Å². The minimum absolute atomic E-state index is 0.294. The molecule has 0 saturated heterocycles. The molecule has 0 spiro atoms. The number of benzene rings is 1. The van der Waals surface area contributed by atoms with Gasteiger partial charge < -0.3 is 9.72 Å². The predicted octanol–water partition coefficient (Wildman–Crippen LogP) is 3.10. The van der Waals surface area contributed by atoms with Gasteiger partial charge in [-0.05, 0) is 40.2 Å². The summed E-state index contributed by atoms with van der Waals surface area (Å²) < 4.78 is 18.6. The van der Waals surface area contributed by atoms with E-state index in [1.54, 1.807) is 6.20 Å². The highest BCUT2D eigenvalue weighted by Gasteiger charge is 2.00. The Balaban J connectivity index is 2.15. The van der Waals surface area contributed by atoms with Crippen LogP contribution < -0.4 is 4.74 Å². The Kier molecular flexibility index (Phi) is 2.49. The van der Waals surface area contributed by atoms with Crippen LogP contribution in [0.4, 0.5) is 4.39 Å². The van der Waals surface area contributed by atoms with Gasteiger partial charge in [0.15, 0.2) is 0 Å². The maximum Gasteiger partial charge on any atom is 0.299 e. The number of hydrogen-bond acceptors (Lipinski definition) is 2. The number of hydrogen-bond donors (Lipinski definition) is 1. The SMILES string of the molecule is Fc1ccc(Oc2ncc(Br)[nH]2)cc1. The van der Waals surface area contributed by atoms with E-state index in [-0.39, 0.29) is 5.82 Å². The number of H-pyrrole nitrogens is 1. The molecule has 0 bridgehead atoms. The number of rotatable bonds is 2. The third kappa shape index (κ3) is 2.11. The molecule has 1 aromatic carbocycles. The van der Waals surface area contributed by atoms with E-state index >= 15 is 0 Å². The number of aromatic nitrogens is 2. The number of aromatic amines is 1. The maximum absolute atomic E-state index is 12.5. The minimum atomic E-state index is -0.294. The van der Waals surface area contributed by atoms with Crippen LogP contribution in [0.5, 0.6) is 11.8 Å². The first-order valence-corrected chi connectivity index (χ1v) is 4.67. The highest BCUT2D eigenvalue weighted by molar-refractivity contribution is 9.10. The molecule has 2 aromatic rings. The second-order valence-corrected chi connectivity index (χ2v) is 3.45. The summed E-state index contributed by atoms with van der Waals surface area (Å²) in [6, 6.07) is 6.08. The number of imidazole rings is 1. The Morgan fingerprint density at radius 2 is 2.00 bits per heavy atom. The van der Waals surface area contributed by atoms with Gasteiger partial charge in [0.2, 0.25) is 0 Å². The van der Waals surface area contributed by atoms with E-state index in [4.69, 9.17) is 4.74 Å². The fourth-order valence-corrected chi connectivity index (χ4v) is 1.22. The number of halogens is 2. The van der Waals surface area contributed by atoms with Crippen LogP contribution in [0.3, 0.4) is 0 Å². The average Bonchev–Trinajstić information content (AvgIpc) is 2.56. The van der Waals surface area contributed by atoms with Gasteiger partial charge in [-0.25, -0.2) is 9.37 Å². The zero-order valence-electron chi connectivity index (χ0n) is 7.00. The van der Waals surface area contributed by atoms with Crippen molar-refractivity contribution in [1.82, 2.24) is 9.97 Å². The first-order chi connectivity index (χ1) is 6.74. The van der Waals surface area contributed by atoms with Gasteiger partial charge in [-0.1, -0.05) is 0 Å². The molecule has 72 valence electrons. The Morgan fingerprint density at radius 1 is 1.29 bits per heavy atom. The molecule has 0 radical (unpaired) electrons. The second kappa shape index (κ2) is 3.79. The molecule has 0 unspecified atom stereocenters. The molecule has 1 aromatic heterocycles. The van der Waals surface area contributed by atoms with Gasteiger partial charge >= 0.3 is 0 Å². The molecule has 14 heavy (non-hydrogen) atoms. The summed E-state index contributed by atoms with van der Waals surface area (Å²) in [7, 11) is 0. The van der Waals surface area contributed by atoms with Gasteiger partial charge in [0, 0.05) is 0 Å². The van der Waals surface area contributed by atoms with Crippen molar-refractivity contribution in [2.75, 3.05) is 0 Å². The summed E-state index contributed by atoms with van der Waals surface area (Å²) in [5.41, 5.74) is 0. The van der Waals surface area contributed by atoms with Gasteiger partial charge in [0.05, 0.1) is 6.20 Å². The van der Waals surface area contributed by atoms with Crippen LogP contribution >= 0.6 is 15.9 Å². The Morgan fingerprint density at radius 3 is 2.57 bits per heavy atom. The smallest absolute Gasteiger partial charge is 0.299 e.